The summed E-state index contributed by atoms with van der Waals surface area (Å²) in [5, 5.41) is 27.1. The van der Waals surface area contributed by atoms with Crippen molar-refractivity contribution >= 4 is 34.9 Å². The molecule has 0 saturated carbocycles. The summed E-state index contributed by atoms with van der Waals surface area (Å²) in [6, 6.07) is 3.61. The van der Waals surface area contributed by atoms with Crippen LogP contribution in [0.3, 0.4) is 0 Å². The van der Waals surface area contributed by atoms with E-state index in [1.165, 1.54) is 5.01 Å². The Morgan fingerprint density at radius 2 is 1.61 bits per heavy atom. The fourth-order valence-corrected chi connectivity index (χ4v) is 2.85. The summed E-state index contributed by atoms with van der Waals surface area (Å²) in [7, 11) is 0. The van der Waals surface area contributed by atoms with Crippen LogP contribution in [0.5, 0.6) is 0 Å². The zero-order valence-electron chi connectivity index (χ0n) is 15.9. The highest BCUT2D eigenvalue weighted by Gasteiger charge is 2.38. The second kappa shape index (κ2) is 7.29. The lowest BCUT2D eigenvalue weighted by Crippen LogP contribution is -2.34. The molecule has 146 valence electrons. The largest absolute Gasteiger partial charge is 0.480 e. The Balaban J connectivity index is 1.76. The van der Waals surface area contributed by atoms with Crippen LogP contribution in [0, 0.1) is 13.8 Å². The molecule has 28 heavy (non-hydrogen) atoms. The number of benzene rings is 1. The number of hydrazone groups is 2. The van der Waals surface area contributed by atoms with Gasteiger partial charge in [-0.25, -0.2) is 5.01 Å². The van der Waals surface area contributed by atoms with E-state index in [4.69, 9.17) is 5.11 Å². The zero-order valence-corrected chi connectivity index (χ0v) is 15.9. The van der Waals surface area contributed by atoms with Crippen molar-refractivity contribution in [2.45, 2.75) is 39.8 Å². The van der Waals surface area contributed by atoms with Gasteiger partial charge in [-0.15, -0.1) is 0 Å². The van der Waals surface area contributed by atoms with Crippen molar-refractivity contribution in [3.63, 3.8) is 0 Å². The first-order chi connectivity index (χ1) is 13.2. The average Bonchev–Trinajstić information content (AvgIpc) is 3.04. The van der Waals surface area contributed by atoms with Crippen molar-refractivity contribution in [3.8, 4) is 0 Å². The molecule has 1 aromatic rings. The summed E-state index contributed by atoms with van der Waals surface area (Å²) in [4.78, 5) is 35.8. The summed E-state index contributed by atoms with van der Waals surface area (Å²) in [5.74, 6) is -2.14. The van der Waals surface area contributed by atoms with E-state index in [0.29, 0.717) is 17.1 Å². The topological polar surface area (TPSA) is 127 Å². The minimum atomic E-state index is -1.18. The molecule has 0 aliphatic carbocycles. The highest BCUT2D eigenvalue weighted by Crippen LogP contribution is 2.25. The molecule has 10 nitrogen and oxygen atoms in total. The predicted molar refractivity (Wildman–Crippen MR) is 101 cm³/mol. The third-order valence-electron chi connectivity index (χ3n) is 4.58. The number of carbonyl (C=O) groups excluding carboxylic acids is 2. The van der Waals surface area contributed by atoms with Crippen LogP contribution in [-0.4, -0.2) is 58.0 Å². The summed E-state index contributed by atoms with van der Waals surface area (Å²) >= 11 is 0. The number of hydrogen-bond acceptors (Lipinski definition) is 7. The Labute approximate surface area is 161 Å². The molecule has 0 spiro atoms. The number of carboxylic acids is 1. The molecular formula is C18H20N6O4. The van der Waals surface area contributed by atoms with Gasteiger partial charge in [-0.05, 0) is 51.0 Å². The lowest BCUT2D eigenvalue weighted by atomic mass is 10.1. The van der Waals surface area contributed by atoms with Gasteiger partial charge in [-0.1, -0.05) is 6.07 Å². The van der Waals surface area contributed by atoms with Gasteiger partial charge >= 0.3 is 5.97 Å². The quantitative estimate of drug-likeness (QED) is 0.772. The Bertz CT molecular complexity index is 951. The molecule has 2 heterocycles. The van der Waals surface area contributed by atoms with Crippen LogP contribution in [-0.2, 0) is 14.4 Å². The Hall–Kier alpha value is -3.43. The van der Waals surface area contributed by atoms with Crippen molar-refractivity contribution < 1.29 is 19.5 Å². The van der Waals surface area contributed by atoms with Crippen LogP contribution in [0.15, 0.2) is 38.6 Å². The molecule has 1 N–H and O–H groups in total. The van der Waals surface area contributed by atoms with Crippen molar-refractivity contribution in [2.24, 2.45) is 20.4 Å². The molecule has 0 radical (unpaired) electrons. The smallest absolute Gasteiger partial charge is 0.325 e. The average molecular weight is 384 g/mol. The van der Waals surface area contributed by atoms with Crippen molar-refractivity contribution in [3.05, 3.63) is 29.3 Å². The van der Waals surface area contributed by atoms with Gasteiger partial charge in [0.1, 0.15) is 6.54 Å². The van der Waals surface area contributed by atoms with Gasteiger partial charge in [0.25, 0.3) is 11.8 Å². The SMILES string of the molecule is CC1=NN(CC(=O)O)C(=O)C1N=NC1C(=O)N(c2ccc(C)c(C)c2)N=C1C. The zero-order chi connectivity index (χ0) is 20.6. The van der Waals surface area contributed by atoms with E-state index in [9.17, 15) is 14.4 Å². The van der Waals surface area contributed by atoms with Crippen LogP contribution < -0.4 is 5.01 Å². The molecule has 2 atom stereocenters. The van der Waals surface area contributed by atoms with E-state index >= 15 is 0 Å². The first-order valence-corrected chi connectivity index (χ1v) is 8.63. The Morgan fingerprint density at radius 1 is 1.00 bits per heavy atom. The van der Waals surface area contributed by atoms with Crippen LogP contribution >= 0.6 is 0 Å². The molecule has 0 saturated heterocycles. The predicted octanol–water partition coefficient (Wildman–Crippen LogP) is 1.52. The molecule has 0 fully saturated rings. The maximum Gasteiger partial charge on any atom is 0.325 e. The third-order valence-corrected chi connectivity index (χ3v) is 4.58. The number of anilines is 1. The minimum absolute atomic E-state index is 0.320. The highest BCUT2D eigenvalue weighted by molar-refractivity contribution is 6.18. The molecule has 2 amide bonds. The molecular weight excluding hydrogens is 364 g/mol. The number of rotatable bonds is 5. The fourth-order valence-electron chi connectivity index (χ4n) is 2.85. The minimum Gasteiger partial charge on any atom is -0.480 e. The lowest BCUT2D eigenvalue weighted by Gasteiger charge is -2.14. The molecule has 0 bridgehead atoms. The first-order valence-electron chi connectivity index (χ1n) is 8.63. The molecule has 0 aromatic heterocycles. The lowest BCUT2D eigenvalue weighted by molar-refractivity contribution is -0.143. The van der Waals surface area contributed by atoms with Crippen LogP contribution in [0.25, 0.3) is 0 Å². The number of azo groups is 1. The van der Waals surface area contributed by atoms with E-state index in [-0.39, 0.29) is 5.91 Å². The standard InChI is InChI=1S/C18H20N6O4/c1-9-5-6-13(7-10(9)2)24-18(28)16(12(4)22-24)20-19-15-11(3)21-23(17(15)27)8-14(25)26/h5-7,15-16H,8H2,1-4H3,(H,25,26). The summed E-state index contributed by atoms with van der Waals surface area (Å²) in [6.07, 6.45) is 0. The van der Waals surface area contributed by atoms with Gasteiger partial charge in [0.15, 0.2) is 12.1 Å². The van der Waals surface area contributed by atoms with Crippen molar-refractivity contribution in [2.75, 3.05) is 11.6 Å². The number of amides is 2. The van der Waals surface area contributed by atoms with Gasteiger partial charge in [-0.2, -0.15) is 25.4 Å². The Kier molecular flexibility index (Phi) is 5.04. The van der Waals surface area contributed by atoms with Crippen molar-refractivity contribution in [1.82, 2.24) is 5.01 Å². The summed E-state index contributed by atoms with van der Waals surface area (Å²) < 4.78 is 0. The normalized spacial score (nSPS) is 22.3. The van der Waals surface area contributed by atoms with Gasteiger partial charge in [0, 0.05) is 0 Å². The number of nitrogens with zero attached hydrogens (tertiary/aromatic N) is 6. The van der Waals surface area contributed by atoms with E-state index in [0.717, 1.165) is 16.1 Å². The van der Waals surface area contributed by atoms with E-state index in [1.54, 1.807) is 19.9 Å². The third kappa shape index (κ3) is 3.53. The molecule has 1 aromatic carbocycles. The Morgan fingerprint density at radius 3 is 2.21 bits per heavy atom. The number of hydrogen-bond donors (Lipinski definition) is 1. The highest BCUT2D eigenvalue weighted by atomic mass is 16.4. The molecule has 10 heteroatoms. The monoisotopic (exact) mass is 384 g/mol. The second-order valence-electron chi connectivity index (χ2n) is 6.73. The fraction of sp³-hybridized carbons (Fsp3) is 0.389. The van der Waals surface area contributed by atoms with E-state index in [1.807, 2.05) is 26.0 Å². The number of carbonyl (C=O) groups is 3. The van der Waals surface area contributed by atoms with Gasteiger partial charge < -0.3 is 5.11 Å². The summed E-state index contributed by atoms with van der Waals surface area (Å²) in [6.45, 7) is 6.60. The van der Waals surface area contributed by atoms with Gasteiger partial charge in [-0.3, -0.25) is 14.4 Å². The van der Waals surface area contributed by atoms with Crippen LogP contribution in [0.1, 0.15) is 25.0 Å². The van der Waals surface area contributed by atoms with Crippen molar-refractivity contribution in [1.29, 1.82) is 0 Å². The molecule has 3 rings (SSSR count). The first kappa shape index (κ1) is 19.3. The van der Waals surface area contributed by atoms with Gasteiger partial charge in [0.05, 0.1) is 17.1 Å². The number of carboxylic acid groups (broad SMARTS) is 1. The van der Waals surface area contributed by atoms with Crippen LogP contribution in [0.2, 0.25) is 0 Å². The van der Waals surface area contributed by atoms with Crippen LogP contribution in [0.4, 0.5) is 5.69 Å². The maximum absolute atomic E-state index is 12.7. The second-order valence-corrected chi connectivity index (χ2v) is 6.73. The molecule has 2 aliphatic rings. The molecule has 2 aliphatic heterocycles. The summed E-state index contributed by atoms with van der Waals surface area (Å²) in [5.41, 5.74) is 3.54. The van der Waals surface area contributed by atoms with Gasteiger partial charge in [0.2, 0.25) is 0 Å². The maximum atomic E-state index is 12.7. The number of aliphatic carboxylic acids is 1. The van der Waals surface area contributed by atoms with E-state index < -0.39 is 30.5 Å². The number of aryl methyl sites for hydroxylation is 2. The molecule has 2 unspecified atom stereocenters. The van der Waals surface area contributed by atoms with E-state index in [2.05, 4.69) is 20.4 Å².